The molecule has 3 atom stereocenters. The number of carbonyl (C=O) groups excluding carboxylic acids is 1. The lowest BCUT2D eigenvalue weighted by atomic mass is 10.1. The number of carbonyl (C=O) groups is 1. The monoisotopic (exact) mass is 404 g/mol. The molecule has 142 valence electrons. The fourth-order valence-electron chi connectivity index (χ4n) is 4.12. The van der Waals surface area contributed by atoms with Crippen molar-refractivity contribution in [3.05, 3.63) is 64.7 Å². The van der Waals surface area contributed by atoms with E-state index in [2.05, 4.69) is 5.32 Å². The van der Waals surface area contributed by atoms with Crippen molar-refractivity contribution in [3.8, 4) is 0 Å². The molecule has 0 aromatic heterocycles. The van der Waals surface area contributed by atoms with Gasteiger partial charge in [0.2, 0.25) is 10.0 Å². The number of benzene rings is 2. The summed E-state index contributed by atoms with van der Waals surface area (Å²) in [6, 6.07) is 13.4. The largest absolute Gasteiger partial charge is 0.348 e. The number of piperidine rings is 1. The van der Waals surface area contributed by atoms with Gasteiger partial charge < -0.3 is 5.32 Å². The summed E-state index contributed by atoms with van der Waals surface area (Å²) in [7, 11) is -3.64. The molecule has 0 spiro atoms. The van der Waals surface area contributed by atoms with Crippen LogP contribution in [0.5, 0.6) is 0 Å². The Kier molecular flexibility index (Phi) is 4.74. The minimum absolute atomic E-state index is 0.163. The topological polar surface area (TPSA) is 66.5 Å². The molecule has 1 amide bonds. The van der Waals surface area contributed by atoms with Gasteiger partial charge in [0.25, 0.3) is 5.91 Å². The van der Waals surface area contributed by atoms with Gasteiger partial charge in [-0.15, -0.1) is 0 Å². The average molecular weight is 405 g/mol. The summed E-state index contributed by atoms with van der Waals surface area (Å²) >= 11 is 6.13. The summed E-state index contributed by atoms with van der Waals surface area (Å²) in [6.45, 7) is 2.34. The molecule has 27 heavy (non-hydrogen) atoms. The number of fused-ring (bicyclic) bond motifs is 2. The second-order valence-corrected chi connectivity index (χ2v) is 9.63. The zero-order valence-corrected chi connectivity index (χ0v) is 16.5. The summed E-state index contributed by atoms with van der Waals surface area (Å²) in [5.41, 5.74) is 1.42. The van der Waals surface area contributed by atoms with Crippen LogP contribution in [0.2, 0.25) is 5.02 Å². The highest BCUT2D eigenvalue weighted by Gasteiger charge is 2.50. The fourth-order valence-corrected chi connectivity index (χ4v) is 6.14. The van der Waals surface area contributed by atoms with Crippen LogP contribution in [0.4, 0.5) is 0 Å². The van der Waals surface area contributed by atoms with Gasteiger partial charge in [-0.2, -0.15) is 4.31 Å². The van der Waals surface area contributed by atoms with E-state index in [1.54, 1.807) is 24.3 Å². The van der Waals surface area contributed by atoms with Gasteiger partial charge >= 0.3 is 0 Å². The van der Waals surface area contributed by atoms with Gasteiger partial charge in [-0.1, -0.05) is 35.9 Å². The first-order valence-corrected chi connectivity index (χ1v) is 10.8. The average Bonchev–Trinajstić information content (AvgIpc) is 3.25. The fraction of sp³-hybridized carbons (Fsp3) is 0.350. The van der Waals surface area contributed by atoms with E-state index in [9.17, 15) is 13.2 Å². The van der Waals surface area contributed by atoms with Crippen molar-refractivity contribution in [1.29, 1.82) is 0 Å². The van der Waals surface area contributed by atoms with Crippen LogP contribution in [-0.4, -0.2) is 37.3 Å². The van der Waals surface area contributed by atoms with Crippen LogP contribution in [0, 0.1) is 12.8 Å². The number of nitrogens with one attached hydrogen (secondary N) is 1. The van der Waals surface area contributed by atoms with E-state index >= 15 is 0 Å². The van der Waals surface area contributed by atoms with Gasteiger partial charge in [0.1, 0.15) is 0 Å². The number of aryl methyl sites for hydroxylation is 1. The van der Waals surface area contributed by atoms with E-state index in [-0.39, 0.29) is 28.8 Å². The Morgan fingerprint density at radius 1 is 1.15 bits per heavy atom. The molecule has 5 nitrogen and oxygen atoms in total. The van der Waals surface area contributed by atoms with Gasteiger partial charge in [0, 0.05) is 29.2 Å². The maximum atomic E-state index is 13.1. The van der Waals surface area contributed by atoms with Crippen LogP contribution in [-0.2, 0) is 10.0 Å². The van der Waals surface area contributed by atoms with E-state index in [1.165, 1.54) is 10.4 Å². The van der Waals surface area contributed by atoms with E-state index in [0.29, 0.717) is 17.1 Å². The van der Waals surface area contributed by atoms with Crippen LogP contribution in [0.25, 0.3) is 0 Å². The number of hydrogen-bond acceptors (Lipinski definition) is 3. The zero-order valence-electron chi connectivity index (χ0n) is 14.9. The summed E-state index contributed by atoms with van der Waals surface area (Å²) in [4.78, 5) is 12.7. The minimum Gasteiger partial charge on any atom is -0.348 e. The molecule has 7 heteroatoms. The van der Waals surface area contributed by atoms with Crippen molar-refractivity contribution in [2.75, 3.05) is 6.54 Å². The van der Waals surface area contributed by atoms with Crippen molar-refractivity contribution in [3.63, 3.8) is 0 Å². The Bertz CT molecular complexity index is 978. The van der Waals surface area contributed by atoms with Gasteiger partial charge in [0.15, 0.2) is 0 Å². The molecular weight excluding hydrogens is 384 g/mol. The highest BCUT2D eigenvalue weighted by molar-refractivity contribution is 7.89. The number of nitrogens with zero attached hydrogens (tertiary/aromatic N) is 1. The summed E-state index contributed by atoms with van der Waals surface area (Å²) in [5.74, 6) is 0.107. The van der Waals surface area contributed by atoms with Crippen molar-refractivity contribution in [2.45, 2.75) is 36.7 Å². The highest BCUT2D eigenvalue weighted by Crippen LogP contribution is 2.41. The molecule has 1 aliphatic heterocycles. The maximum Gasteiger partial charge on any atom is 0.251 e. The molecule has 4 rings (SSSR count). The minimum atomic E-state index is -3.64. The predicted octanol–water partition coefficient (Wildman–Crippen LogP) is 3.23. The summed E-state index contributed by atoms with van der Waals surface area (Å²) in [6.07, 6.45) is 1.59. The molecule has 3 unspecified atom stereocenters. The van der Waals surface area contributed by atoms with Crippen LogP contribution in [0.15, 0.2) is 53.4 Å². The highest BCUT2D eigenvalue weighted by atomic mass is 35.5. The third kappa shape index (κ3) is 3.37. The van der Waals surface area contributed by atoms with Gasteiger partial charge in [-0.05, 0) is 55.5 Å². The molecule has 2 fully saturated rings. The van der Waals surface area contributed by atoms with E-state index in [4.69, 9.17) is 11.6 Å². The van der Waals surface area contributed by atoms with Crippen LogP contribution >= 0.6 is 11.6 Å². The molecule has 2 bridgehead atoms. The maximum absolute atomic E-state index is 13.1. The molecular formula is C20H21ClN2O3S. The molecule has 1 saturated carbocycles. The number of rotatable bonds is 4. The van der Waals surface area contributed by atoms with Crippen LogP contribution in [0.3, 0.4) is 0 Å². The molecule has 1 saturated heterocycles. The van der Waals surface area contributed by atoms with Crippen molar-refractivity contribution in [1.82, 2.24) is 9.62 Å². The van der Waals surface area contributed by atoms with Crippen molar-refractivity contribution >= 4 is 27.5 Å². The molecule has 0 radical (unpaired) electrons. The van der Waals surface area contributed by atoms with Crippen molar-refractivity contribution < 1.29 is 13.2 Å². The zero-order chi connectivity index (χ0) is 19.2. The smallest absolute Gasteiger partial charge is 0.251 e. The summed E-state index contributed by atoms with van der Waals surface area (Å²) in [5, 5.41) is 3.47. The van der Waals surface area contributed by atoms with Gasteiger partial charge in [-0.3, -0.25) is 4.79 Å². The molecule has 1 aliphatic carbocycles. The Morgan fingerprint density at radius 2 is 1.89 bits per heavy atom. The van der Waals surface area contributed by atoms with E-state index < -0.39 is 10.0 Å². The lowest BCUT2D eigenvalue weighted by Crippen LogP contribution is -2.51. The quantitative estimate of drug-likeness (QED) is 0.850. The first-order valence-electron chi connectivity index (χ1n) is 9.00. The SMILES string of the molecule is Cc1ccc(S(=O)(=O)N2CC3CC(NC(=O)c4ccccc4)C2C3)cc1Cl. The molecule has 2 aliphatic rings. The number of sulfonamides is 1. The normalized spacial score (nSPS) is 24.9. The second kappa shape index (κ2) is 6.93. The van der Waals surface area contributed by atoms with E-state index in [1.807, 2.05) is 25.1 Å². The third-order valence-corrected chi connectivity index (χ3v) is 7.83. The number of hydrogen-bond donors (Lipinski definition) is 1. The predicted molar refractivity (Wildman–Crippen MR) is 104 cm³/mol. The van der Waals surface area contributed by atoms with Gasteiger partial charge in [0.05, 0.1) is 4.90 Å². The Balaban J connectivity index is 1.55. The number of amides is 1. The van der Waals surface area contributed by atoms with Crippen molar-refractivity contribution in [2.24, 2.45) is 5.92 Å². The molecule has 1 N–H and O–H groups in total. The van der Waals surface area contributed by atoms with Gasteiger partial charge in [-0.25, -0.2) is 8.42 Å². The first kappa shape index (κ1) is 18.5. The number of halogens is 1. The van der Waals surface area contributed by atoms with E-state index in [0.717, 1.165) is 18.4 Å². The van der Waals surface area contributed by atoms with Crippen LogP contribution in [0.1, 0.15) is 28.8 Å². The lowest BCUT2D eigenvalue weighted by molar-refractivity contribution is 0.0917. The Labute approximate surface area is 164 Å². The molecule has 2 aromatic carbocycles. The second-order valence-electron chi connectivity index (χ2n) is 7.34. The first-order chi connectivity index (χ1) is 12.9. The Hall–Kier alpha value is -1.89. The molecule has 1 heterocycles. The molecule has 2 aromatic rings. The summed E-state index contributed by atoms with van der Waals surface area (Å²) < 4.78 is 27.8. The van der Waals surface area contributed by atoms with Crippen LogP contribution < -0.4 is 5.32 Å². The Morgan fingerprint density at radius 3 is 2.56 bits per heavy atom. The third-order valence-electron chi connectivity index (χ3n) is 5.54. The standard InChI is InChI=1S/C20H21ClN2O3S/c1-13-7-8-16(11-17(13)21)27(25,26)23-12-14-9-18(19(23)10-14)22-20(24)15-5-3-2-4-6-15/h2-8,11,14,18-19H,9-10,12H2,1H3,(H,22,24). The lowest BCUT2D eigenvalue weighted by Gasteiger charge is -2.33.